The monoisotopic (exact) mass is 324 g/mol. The van der Waals surface area contributed by atoms with Crippen molar-refractivity contribution in [2.45, 2.75) is 6.42 Å². The van der Waals surface area contributed by atoms with E-state index in [-0.39, 0.29) is 5.91 Å². The molecule has 0 spiro atoms. The van der Waals surface area contributed by atoms with Crippen LogP contribution in [0.2, 0.25) is 0 Å². The predicted molar refractivity (Wildman–Crippen MR) is 99.2 cm³/mol. The van der Waals surface area contributed by atoms with Crippen LogP contribution < -0.4 is 10.1 Å². The number of rotatable bonds is 8. The Bertz CT molecular complexity index is 649. The Hall–Kier alpha value is -2.59. The molecule has 0 aliphatic carbocycles. The van der Waals surface area contributed by atoms with Crippen LogP contribution in [0.1, 0.15) is 12.0 Å². The number of benzene rings is 2. The summed E-state index contributed by atoms with van der Waals surface area (Å²) in [6, 6.07) is 17.1. The normalized spacial score (nSPS) is 11.0. The molecule has 0 aromatic heterocycles. The second-order valence-electron chi connectivity index (χ2n) is 5.76. The highest BCUT2D eigenvalue weighted by atomic mass is 16.5. The van der Waals surface area contributed by atoms with Gasteiger partial charge in [-0.05, 0) is 56.4 Å². The fourth-order valence-electron chi connectivity index (χ4n) is 2.13. The van der Waals surface area contributed by atoms with Gasteiger partial charge in [0.15, 0.2) is 0 Å². The first kappa shape index (κ1) is 17.8. The van der Waals surface area contributed by atoms with Gasteiger partial charge in [-0.2, -0.15) is 0 Å². The largest absolute Gasteiger partial charge is 0.494 e. The van der Waals surface area contributed by atoms with Crippen molar-refractivity contribution < 1.29 is 9.53 Å². The van der Waals surface area contributed by atoms with Crippen LogP contribution in [0.15, 0.2) is 60.7 Å². The van der Waals surface area contributed by atoms with Gasteiger partial charge in [0.2, 0.25) is 5.91 Å². The Balaban J connectivity index is 1.78. The summed E-state index contributed by atoms with van der Waals surface area (Å²) in [4.78, 5) is 14.0. The molecular formula is C20H24N2O2. The zero-order valence-electron chi connectivity index (χ0n) is 14.2. The van der Waals surface area contributed by atoms with Crippen molar-refractivity contribution in [1.82, 2.24) is 4.90 Å². The predicted octanol–water partition coefficient (Wildman–Crippen LogP) is 3.67. The van der Waals surface area contributed by atoms with Crippen molar-refractivity contribution in [2.24, 2.45) is 0 Å². The summed E-state index contributed by atoms with van der Waals surface area (Å²) < 4.78 is 5.67. The summed E-state index contributed by atoms with van der Waals surface area (Å²) >= 11 is 0. The smallest absolute Gasteiger partial charge is 0.248 e. The molecule has 0 aliphatic rings. The van der Waals surface area contributed by atoms with Crippen LogP contribution >= 0.6 is 0 Å². The van der Waals surface area contributed by atoms with E-state index in [2.05, 4.69) is 10.2 Å². The van der Waals surface area contributed by atoms with Gasteiger partial charge in [-0.25, -0.2) is 0 Å². The highest BCUT2D eigenvalue weighted by molar-refractivity contribution is 6.01. The van der Waals surface area contributed by atoms with Gasteiger partial charge in [0.25, 0.3) is 0 Å². The van der Waals surface area contributed by atoms with Gasteiger partial charge < -0.3 is 15.0 Å². The Morgan fingerprint density at radius 3 is 2.46 bits per heavy atom. The quantitative estimate of drug-likeness (QED) is 0.595. The van der Waals surface area contributed by atoms with Gasteiger partial charge in [-0.3, -0.25) is 4.79 Å². The Morgan fingerprint density at radius 2 is 1.79 bits per heavy atom. The third-order valence-electron chi connectivity index (χ3n) is 3.37. The molecule has 0 saturated heterocycles. The molecule has 0 fully saturated rings. The minimum Gasteiger partial charge on any atom is -0.494 e. The molecule has 24 heavy (non-hydrogen) atoms. The molecule has 0 bridgehead atoms. The van der Waals surface area contributed by atoms with E-state index in [1.54, 1.807) is 6.08 Å². The maximum absolute atomic E-state index is 11.9. The van der Waals surface area contributed by atoms with E-state index in [4.69, 9.17) is 4.74 Å². The van der Waals surface area contributed by atoms with Crippen LogP contribution in [0.3, 0.4) is 0 Å². The molecule has 2 aromatic rings. The number of carbonyl (C=O) groups is 1. The zero-order chi connectivity index (χ0) is 17.2. The first-order valence-corrected chi connectivity index (χ1v) is 8.05. The van der Waals surface area contributed by atoms with E-state index in [1.807, 2.05) is 68.7 Å². The Labute approximate surface area is 143 Å². The van der Waals surface area contributed by atoms with Gasteiger partial charge in [0.1, 0.15) is 5.75 Å². The molecule has 0 saturated carbocycles. The molecular weight excluding hydrogens is 300 g/mol. The Morgan fingerprint density at radius 1 is 1.08 bits per heavy atom. The highest BCUT2D eigenvalue weighted by Crippen LogP contribution is 2.16. The molecule has 0 heterocycles. The minimum atomic E-state index is -0.154. The number of hydrogen-bond acceptors (Lipinski definition) is 3. The zero-order valence-corrected chi connectivity index (χ0v) is 14.2. The van der Waals surface area contributed by atoms with E-state index >= 15 is 0 Å². The van der Waals surface area contributed by atoms with Crippen LogP contribution in [0.25, 0.3) is 6.08 Å². The van der Waals surface area contributed by atoms with Crippen molar-refractivity contribution >= 4 is 17.7 Å². The maximum Gasteiger partial charge on any atom is 0.248 e. The summed E-state index contributed by atoms with van der Waals surface area (Å²) in [7, 11) is 4.09. The number of anilines is 1. The number of carbonyl (C=O) groups excluding carboxylic acids is 1. The minimum absolute atomic E-state index is 0.154. The molecule has 4 heteroatoms. The number of amides is 1. The number of nitrogens with one attached hydrogen (secondary N) is 1. The molecule has 1 amide bonds. The first-order valence-electron chi connectivity index (χ1n) is 8.05. The summed E-state index contributed by atoms with van der Waals surface area (Å²) in [6.07, 6.45) is 4.30. The third-order valence-corrected chi connectivity index (χ3v) is 3.37. The van der Waals surface area contributed by atoms with Crippen molar-refractivity contribution in [3.63, 3.8) is 0 Å². The highest BCUT2D eigenvalue weighted by Gasteiger charge is 1.99. The fraction of sp³-hybridized carbons (Fsp3) is 0.250. The lowest BCUT2D eigenvalue weighted by atomic mass is 10.2. The van der Waals surface area contributed by atoms with Crippen molar-refractivity contribution in [2.75, 3.05) is 32.6 Å². The van der Waals surface area contributed by atoms with Crippen molar-refractivity contribution in [3.05, 3.63) is 66.2 Å². The molecule has 2 rings (SSSR count). The van der Waals surface area contributed by atoms with Crippen LogP contribution in [0, 0.1) is 0 Å². The lowest BCUT2D eigenvalue weighted by Crippen LogP contribution is -2.15. The van der Waals surface area contributed by atoms with Gasteiger partial charge in [0.05, 0.1) is 6.61 Å². The summed E-state index contributed by atoms with van der Waals surface area (Å²) in [6.45, 7) is 1.69. The van der Waals surface area contributed by atoms with E-state index < -0.39 is 0 Å². The Kier molecular flexibility index (Phi) is 7.05. The first-order chi connectivity index (χ1) is 11.6. The lowest BCUT2D eigenvalue weighted by molar-refractivity contribution is -0.111. The summed E-state index contributed by atoms with van der Waals surface area (Å²) in [5.74, 6) is 0.657. The van der Waals surface area contributed by atoms with Crippen LogP contribution in [0.4, 0.5) is 5.69 Å². The van der Waals surface area contributed by atoms with E-state index in [0.717, 1.165) is 30.0 Å². The number of ether oxygens (including phenoxy) is 1. The molecule has 2 aromatic carbocycles. The topological polar surface area (TPSA) is 41.6 Å². The van der Waals surface area contributed by atoms with E-state index in [1.165, 1.54) is 6.08 Å². The second kappa shape index (κ2) is 9.53. The summed E-state index contributed by atoms with van der Waals surface area (Å²) in [5.41, 5.74) is 1.74. The maximum atomic E-state index is 11.9. The molecule has 0 radical (unpaired) electrons. The molecule has 4 nitrogen and oxygen atoms in total. The van der Waals surface area contributed by atoms with Crippen LogP contribution in [-0.4, -0.2) is 38.1 Å². The van der Waals surface area contributed by atoms with Crippen molar-refractivity contribution in [1.29, 1.82) is 0 Å². The van der Waals surface area contributed by atoms with Gasteiger partial charge in [-0.15, -0.1) is 0 Å². The van der Waals surface area contributed by atoms with Gasteiger partial charge in [-0.1, -0.05) is 30.3 Å². The SMILES string of the molecule is CN(C)CCCOc1ccc(NC(=O)C=Cc2ccccc2)cc1. The molecule has 0 aliphatic heterocycles. The third kappa shape index (κ3) is 6.67. The molecule has 0 unspecified atom stereocenters. The number of nitrogens with zero attached hydrogens (tertiary/aromatic N) is 1. The fourth-order valence-corrected chi connectivity index (χ4v) is 2.13. The summed E-state index contributed by atoms with van der Waals surface area (Å²) in [5, 5.41) is 2.83. The van der Waals surface area contributed by atoms with Gasteiger partial charge >= 0.3 is 0 Å². The molecule has 1 N–H and O–H groups in total. The molecule has 126 valence electrons. The van der Waals surface area contributed by atoms with E-state index in [9.17, 15) is 4.79 Å². The van der Waals surface area contributed by atoms with E-state index in [0.29, 0.717) is 6.61 Å². The lowest BCUT2D eigenvalue weighted by Gasteiger charge is -2.10. The van der Waals surface area contributed by atoms with Crippen molar-refractivity contribution in [3.8, 4) is 5.75 Å². The number of hydrogen-bond donors (Lipinski definition) is 1. The average Bonchev–Trinajstić information content (AvgIpc) is 2.59. The van der Waals surface area contributed by atoms with Crippen LogP contribution in [-0.2, 0) is 4.79 Å². The molecule has 0 atom stereocenters. The van der Waals surface area contributed by atoms with Crippen LogP contribution in [0.5, 0.6) is 5.75 Å². The second-order valence-corrected chi connectivity index (χ2v) is 5.76. The standard InChI is InChI=1S/C20H24N2O2/c1-22(2)15-6-16-24-19-12-10-18(11-13-19)21-20(23)14-9-17-7-4-3-5-8-17/h3-5,7-14H,6,15-16H2,1-2H3,(H,21,23). The van der Waals surface area contributed by atoms with Gasteiger partial charge in [0, 0.05) is 18.3 Å². The average molecular weight is 324 g/mol.